The van der Waals surface area contributed by atoms with E-state index in [1.807, 2.05) is 0 Å². The van der Waals surface area contributed by atoms with Crippen LogP contribution >= 0.6 is 11.6 Å². The maximum absolute atomic E-state index is 5.94. The number of hydrogen-bond acceptors (Lipinski definition) is 4. The minimum Gasteiger partial charge on any atom is -0.368 e. The summed E-state index contributed by atoms with van der Waals surface area (Å²) in [4.78, 5) is 12.1. The molecule has 0 fully saturated rings. The second kappa shape index (κ2) is 6.01. The topological polar surface area (TPSA) is 127 Å². The fourth-order valence-electron chi connectivity index (χ4n) is 1.04. The number of halogens is 1. The number of hydrogen-bond donors (Lipinski definition) is 4. The summed E-state index contributed by atoms with van der Waals surface area (Å²) in [5, 5.41) is 6.82. The Morgan fingerprint density at radius 3 is 2.22 bits per heavy atom. The van der Waals surface area contributed by atoms with E-state index in [4.69, 9.17) is 23.1 Å². The molecule has 0 atom stereocenters. The van der Waals surface area contributed by atoms with E-state index in [0.29, 0.717) is 16.4 Å². The lowest BCUT2D eigenvalue weighted by Gasteiger charge is -2.04. The van der Waals surface area contributed by atoms with E-state index >= 15 is 0 Å². The number of aliphatic imine (C=N–C) groups is 1. The third-order valence-corrected chi connectivity index (χ3v) is 2.49. The van der Waals surface area contributed by atoms with E-state index in [1.165, 1.54) is 0 Å². The van der Waals surface area contributed by atoms with E-state index < -0.39 is 0 Å². The van der Waals surface area contributed by atoms with Crippen LogP contribution in [0.1, 0.15) is 11.4 Å². The Kier molecular flexibility index (Phi) is 4.67. The van der Waals surface area contributed by atoms with Crippen LogP contribution in [0.25, 0.3) is 0 Å². The van der Waals surface area contributed by atoms with Gasteiger partial charge in [0.1, 0.15) is 0 Å². The summed E-state index contributed by atoms with van der Waals surface area (Å²) < 4.78 is 0. The van der Waals surface area contributed by atoms with Gasteiger partial charge in [-0.2, -0.15) is 4.99 Å². The molecular formula is C9H15ClN8. The molecule has 0 unspecified atom stereocenters. The van der Waals surface area contributed by atoms with Crippen molar-refractivity contribution in [3.8, 4) is 0 Å². The average molecular weight is 271 g/mol. The first kappa shape index (κ1) is 14.0. The zero-order valence-electron chi connectivity index (χ0n) is 10.3. The molecule has 1 aromatic heterocycles. The van der Waals surface area contributed by atoms with Gasteiger partial charge in [-0.25, -0.2) is 15.4 Å². The van der Waals surface area contributed by atoms with Gasteiger partial charge in [-0.1, -0.05) is 11.6 Å². The Labute approximate surface area is 110 Å². The molecule has 0 aliphatic rings. The molecule has 0 aromatic carbocycles. The predicted octanol–water partition coefficient (Wildman–Crippen LogP) is -0.268. The lowest BCUT2D eigenvalue weighted by molar-refractivity contribution is 0.954. The summed E-state index contributed by atoms with van der Waals surface area (Å²) in [5.74, 6) is 0.407. The van der Waals surface area contributed by atoms with Crippen molar-refractivity contribution in [3.63, 3.8) is 0 Å². The van der Waals surface area contributed by atoms with Gasteiger partial charge in [-0.05, 0) is 13.8 Å². The Bertz CT molecular complexity index is 472. The van der Waals surface area contributed by atoms with Crippen molar-refractivity contribution in [1.29, 1.82) is 0 Å². The van der Waals surface area contributed by atoms with Crippen LogP contribution in [0, 0.1) is 13.8 Å². The number of guanidine groups is 2. The first-order valence-corrected chi connectivity index (χ1v) is 5.43. The van der Waals surface area contributed by atoms with Crippen LogP contribution in [0.4, 0.5) is 5.95 Å². The lowest BCUT2D eigenvalue weighted by atomic mass is 10.3. The Morgan fingerprint density at radius 2 is 1.72 bits per heavy atom. The van der Waals surface area contributed by atoms with E-state index in [1.54, 1.807) is 20.9 Å². The molecule has 0 aliphatic heterocycles. The molecule has 0 amide bonds. The van der Waals surface area contributed by atoms with Crippen LogP contribution in [-0.4, -0.2) is 28.9 Å². The number of aromatic nitrogens is 2. The summed E-state index contributed by atoms with van der Waals surface area (Å²) in [5.41, 5.74) is 14.7. The molecular weight excluding hydrogens is 256 g/mol. The first-order chi connectivity index (χ1) is 8.43. The van der Waals surface area contributed by atoms with Crippen molar-refractivity contribution in [1.82, 2.24) is 20.7 Å². The highest BCUT2D eigenvalue weighted by molar-refractivity contribution is 6.31. The molecule has 8 nitrogen and oxygen atoms in total. The van der Waals surface area contributed by atoms with Crippen molar-refractivity contribution in [2.75, 3.05) is 7.05 Å². The summed E-state index contributed by atoms with van der Waals surface area (Å²) in [6.45, 7) is 3.52. The van der Waals surface area contributed by atoms with Crippen LogP contribution < -0.4 is 22.2 Å². The molecule has 6 N–H and O–H groups in total. The largest absolute Gasteiger partial charge is 0.368 e. The fourth-order valence-corrected chi connectivity index (χ4v) is 1.13. The van der Waals surface area contributed by atoms with E-state index in [-0.39, 0.29) is 17.9 Å². The van der Waals surface area contributed by atoms with Gasteiger partial charge in [-0.15, -0.1) is 5.10 Å². The van der Waals surface area contributed by atoms with Crippen molar-refractivity contribution in [2.24, 2.45) is 21.6 Å². The van der Waals surface area contributed by atoms with Crippen molar-refractivity contribution >= 4 is 29.5 Å². The quantitative estimate of drug-likeness (QED) is 0.333. The molecule has 1 aromatic rings. The van der Waals surface area contributed by atoms with Gasteiger partial charge >= 0.3 is 0 Å². The zero-order valence-corrected chi connectivity index (χ0v) is 11.1. The Balaban J connectivity index is 2.89. The minimum atomic E-state index is 0.0225. The normalized spacial score (nSPS) is 12.4. The second-order valence-corrected chi connectivity index (χ2v) is 3.74. The summed E-state index contributed by atoms with van der Waals surface area (Å²) in [7, 11) is 1.63. The minimum absolute atomic E-state index is 0.0225. The van der Waals surface area contributed by atoms with Gasteiger partial charge in [0.2, 0.25) is 11.9 Å². The second-order valence-electron chi connectivity index (χ2n) is 3.36. The molecule has 0 bridgehead atoms. The predicted molar refractivity (Wildman–Crippen MR) is 71.6 cm³/mol. The number of rotatable bonds is 2. The Morgan fingerprint density at radius 1 is 1.17 bits per heavy atom. The molecule has 0 radical (unpaired) electrons. The number of hydrazone groups is 1. The monoisotopic (exact) mass is 270 g/mol. The molecule has 1 heterocycles. The standard InChI is InChI=1S/C9H15ClN8/c1-4-6(10)5(2)15-9(14-4)16-8(12)18-17-7(11)13-3/h1-3H3,(H3,11,13,17)(H3,12,14,15,16,18). The van der Waals surface area contributed by atoms with Crippen LogP contribution in [0.2, 0.25) is 5.02 Å². The van der Waals surface area contributed by atoms with Crippen LogP contribution in [0.5, 0.6) is 0 Å². The molecule has 0 saturated carbocycles. The van der Waals surface area contributed by atoms with Gasteiger partial charge in [0.15, 0.2) is 0 Å². The number of aryl methyl sites for hydroxylation is 2. The molecule has 0 aliphatic carbocycles. The summed E-state index contributed by atoms with van der Waals surface area (Å²) >= 11 is 5.94. The number of nitrogens with two attached hydrogens (primary N) is 2. The van der Waals surface area contributed by atoms with Crippen molar-refractivity contribution in [2.45, 2.75) is 13.8 Å². The van der Waals surface area contributed by atoms with Crippen molar-refractivity contribution in [3.05, 3.63) is 16.4 Å². The van der Waals surface area contributed by atoms with Gasteiger partial charge in [0, 0.05) is 7.05 Å². The highest BCUT2D eigenvalue weighted by Gasteiger charge is 2.05. The lowest BCUT2D eigenvalue weighted by Crippen LogP contribution is -2.34. The molecule has 1 rings (SSSR count). The zero-order chi connectivity index (χ0) is 13.7. The Hall–Kier alpha value is -2.09. The van der Waals surface area contributed by atoms with Gasteiger partial charge in [0.25, 0.3) is 5.95 Å². The fraction of sp³-hybridized carbons (Fsp3) is 0.333. The summed E-state index contributed by atoms with van der Waals surface area (Å²) in [6.07, 6.45) is 0. The summed E-state index contributed by atoms with van der Waals surface area (Å²) in [6, 6.07) is 0. The van der Waals surface area contributed by atoms with E-state index in [9.17, 15) is 0 Å². The molecule has 98 valence electrons. The van der Waals surface area contributed by atoms with Crippen molar-refractivity contribution < 1.29 is 0 Å². The SMILES string of the molecule is CNC(N)=NNC(N)=Nc1nc(C)c(Cl)c(C)n1. The van der Waals surface area contributed by atoms with E-state index in [0.717, 1.165) is 0 Å². The van der Waals surface area contributed by atoms with Crippen LogP contribution in [0.15, 0.2) is 10.1 Å². The average Bonchev–Trinajstić information content (AvgIpc) is 2.32. The molecule has 18 heavy (non-hydrogen) atoms. The molecule has 9 heteroatoms. The highest BCUT2D eigenvalue weighted by Crippen LogP contribution is 2.18. The third-order valence-electron chi connectivity index (χ3n) is 1.94. The van der Waals surface area contributed by atoms with E-state index in [2.05, 4.69) is 30.8 Å². The number of nitrogens with one attached hydrogen (secondary N) is 2. The van der Waals surface area contributed by atoms with Gasteiger partial charge in [0.05, 0.1) is 16.4 Å². The number of nitrogens with zero attached hydrogens (tertiary/aromatic N) is 4. The highest BCUT2D eigenvalue weighted by atomic mass is 35.5. The first-order valence-electron chi connectivity index (χ1n) is 5.06. The molecule has 0 saturated heterocycles. The molecule has 0 spiro atoms. The maximum atomic E-state index is 5.94. The smallest absolute Gasteiger partial charge is 0.253 e. The van der Waals surface area contributed by atoms with Crippen LogP contribution in [-0.2, 0) is 0 Å². The van der Waals surface area contributed by atoms with Gasteiger partial charge in [-0.3, -0.25) is 0 Å². The maximum Gasteiger partial charge on any atom is 0.253 e. The van der Waals surface area contributed by atoms with Gasteiger partial charge < -0.3 is 16.8 Å². The third kappa shape index (κ3) is 3.74. The van der Waals surface area contributed by atoms with Crippen LogP contribution in [0.3, 0.4) is 0 Å².